The first-order valence-electron chi connectivity index (χ1n) is 9.80. The molecule has 4 aromatic carbocycles. The van der Waals surface area contributed by atoms with Gasteiger partial charge in [-0.2, -0.15) is 5.10 Å². The SMILES string of the molecule is Brc1ccc(COc2ccc(/C=N\N(c3ccccc3)c3ccccc3)cc2)c(Br)c1. The number of anilines is 2. The molecule has 4 aromatic rings. The van der Waals surface area contributed by atoms with Crippen LogP contribution >= 0.6 is 31.9 Å². The van der Waals surface area contributed by atoms with Crippen LogP contribution in [0.15, 0.2) is 117 Å². The second-order valence-electron chi connectivity index (χ2n) is 6.82. The van der Waals surface area contributed by atoms with Crippen LogP contribution in [0, 0.1) is 0 Å². The van der Waals surface area contributed by atoms with Crippen LogP contribution in [0.25, 0.3) is 0 Å². The molecule has 0 aliphatic heterocycles. The van der Waals surface area contributed by atoms with Crippen molar-refractivity contribution >= 4 is 49.4 Å². The Labute approximate surface area is 199 Å². The maximum absolute atomic E-state index is 5.93. The molecule has 0 radical (unpaired) electrons. The number of hydrazone groups is 1. The van der Waals surface area contributed by atoms with Crippen LogP contribution in [0.2, 0.25) is 0 Å². The van der Waals surface area contributed by atoms with Gasteiger partial charge in [-0.1, -0.05) is 74.3 Å². The van der Waals surface area contributed by atoms with E-state index in [0.29, 0.717) is 6.61 Å². The van der Waals surface area contributed by atoms with Crippen molar-refractivity contribution in [2.75, 3.05) is 5.01 Å². The second-order valence-corrected chi connectivity index (χ2v) is 8.59. The van der Waals surface area contributed by atoms with E-state index in [2.05, 4.69) is 31.9 Å². The van der Waals surface area contributed by atoms with Crippen molar-refractivity contribution in [1.29, 1.82) is 0 Å². The third-order valence-electron chi connectivity index (χ3n) is 4.61. The summed E-state index contributed by atoms with van der Waals surface area (Å²) in [5, 5.41) is 6.66. The van der Waals surface area contributed by atoms with E-state index in [1.165, 1.54) is 0 Å². The van der Waals surface area contributed by atoms with Crippen LogP contribution in [0.4, 0.5) is 11.4 Å². The zero-order valence-electron chi connectivity index (χ0n) is 16.7. The number of nitrogens with zero attached hydrogens (tertiary/aromatic N) is 2. The number of hydrogen-bond acceptors (Lipinski definition) is 3. The Morgan fingerprint density at radius 1 is 0.742 bits per heavy atom. The van der Waals surface area contributed by atoms with E-state index in [1.807, 2.05) is 114 Å². The smallest absolute Gasteiger partial charge is 0.119 e. The van der Waals surface area contributed by atoms with Gasteiger partial charge in [-0.15, -0.1) is 0 Å². The van der Waals surface area contributed by atoms with Gasteiger partial charge in [0.15, 0.2) is 0 Å². The molecule has 154 valence electrons. The van der Waals surface area contributed by atoms with Gasteiger partial charge < -0.3 is 4.74 Å². The van der Waals surface area contributed by atoms with Gasteiger partial charge in [0, 0.05) is 14.5 Å². The molecule has 0 aliphatic carbocycles. The Kier molecular flexibility index (Phi) is 7.18. The minimum atomic E-state index is 0.497. The quantitative estimate of drug-likeness (QED) is 0.177. The molecule has 4 rings (SSSR count). The Morgan fingerprint density at radius 2 is 1.35 bits per heavy atom. The van der Waals surface area contributed by atoms with E-state index in [-0.39, 0.29) is 0 Å². The van der Waals surface area contributed by atoms with Crippen LogP contribution in [0.1, 0.15) is 11.1 Å². The van der Waals surface area contributed by atoms with E-state index in [4.69, 9.17) is 9.84 Å². The van der Waals surface area contributed by atoms with E-state index < -0.39 is 0 Å². The first-order chi connectivity index (χ1) is 15.2. The number of benzene rings is 4. The highest BCUT2D eigenvalue weighted by Crippen LogP contribution is 2.26. The van der Waals surface area contributed by atoms with Crippen molar-refractivity contribution in [3.8, 4) is 5.75 Å². The van der Waals surface area contributed by atoms with Gasteiger partial charge in [0.2, 0.25) is 0 Å². The summed E-state index contributed by atoms with van der Waals surface area (Å²) in [4.78, 5) is 0. The average molecular weight is 536 g/mol. The van der Waals surface area contributed by atoms with Gasteiger partial charge in [0.1, 0.15) is 12.4 Å². The third-order valence-corrected chi connectivity index (χ3v) is 5.84. The molecular formula is C26H20Br2N2O. The van der Waals surface area contributed by atoms with Crippen molar-refractivity contribution in [1.82, 2.24) is 0 Å². The molecule has 0 aliphatic rings. The summed E-state index contributed by atoms with van der Waals surface area (Å²) >= 11 is 7.04. The normalized spacial score (nSPS) is 10.9. The van der Waals surface area contributed by atoms with E-state index in [0.717, 1.165) is 37.2 Å². The van der Waals surface area contributed by atoms with E-state index >= 15 is 0 Å². The highest BCUT2D eigenvalue weighted by Gasteiger charge is 2.07. The average Bonchev–Trinajstić information content (AvgIpc) is 2.81. The molecule has 31 heavy (non-hydrogen) atoms. The Morgan fingerprint density at radius 3 is 1.94 bits per heavy atom. The maximum Gasteiger partial charge on any atom is 0.119 e. The molecule has 0 atom stereocenters. The molecule has 0 spiro atoms. The number of hydrogen-bond donors (Lipinski definition) is 0. The lowest BCUT2D eigenvalue weighted by atomic mass is 10.2. The van der Waals surface area contributed by atoms with Gasteiger partial charge in [0.25, 0.3) is 0 Å². The molecule has 0 saturated heterocycles. The third kappa shape index (κ3) is 5.84. The highest BCUT2D eigenvalue weighted by atomic mass is 79.9. The topological polar surface area (TPSA) is 24.8 Å². The number of para-hydroxylation sites is 2. The van der Waals surface area contributed by atoms with Crippen molar-refractivity contribution < 1.29 is 4.74 Å². The summed E-state index contributed by atoms with van der Waals surface area (Å²) in [6.07, 6.45) is 1.86. The predicted molar refractivity (Wildman–Crippen MR) is 135 cm³/mol. The van der Waals surface area contributed by atoms with Crippen LogP contribution in [0.5, 0.6) is 5.75 Å². The zero-order valence-corrected chi connectivity index (χ0v) is 19.8. The van der Waals surface area contributed by atoms with Crippen LogP contribution in [0.3, 0.4) is 0 Å². The molecule has 0 bridgehead atoms. The monoisotopic (exact) mass is 534 g/mol. The van der Waals surface area contributed by atoms with Crippen molar-refractivity contribution in [2.24, 2.45) is 5.10 Å². The standard InChI is InChI=1S/C26H20Br2N2O/c27-22-14-13-21(26(28)17-22)19-31-25-15-11-20(12-16-25)18-29-30(23-7-3-1-4-8-23)24-9-5-2-6-10-24/h1-18H,19H2/b29-18-. The van der Waals surface area contributed by atoms with Gasteiger partial charge >= 0.3 is 0 Å². The number of rotatable bonds is 7. The predicted octanol–water partition coefficient (Wildman–Crippen LogP) is 7.96. The lowest BCUT2D eigenvalue weighted by molar-refractivity contribution is 0.305. The molecule has 5 heteroatoms. The Balaban J connectivity index is 1.46. The lowest BCUT2D eigenvalue weighted by Gasteiger charge is -2.19. The summed E-state index contributed by atoms with van der Waals surface area (Å²) in [5.41, 5.74) is 4.10. The Hall–Kier alpha value is -2.89. The maximum atomic E-state index is 5.93. The number of ether oxygens (including phenoxy) is 1. The summed E-state index contributed by atoms with van der Waals surface area (Å²) in [6.45, 7) is 0.497. The van der Waals surface area contributed by atoms with Gasteiger partial charge in [0.05, 0.1) is 17.6 Å². The molecule has 0 saturated carbocycles. The molecule has 0 fully saturated rings. The lowest BCUT2D eigenvalue weighted by Crippen LogP contribution is -2.09. The minimum Gasteiger partial charge on any atom is -0.489 e. The summed E-state index contributed by atoms with van der Waals surface area (Å²) in [7, 11) is 0. The molecule has 0 heterocycles. The van der Waals surface area contributed by atoms with Crippen molar-refractivity contribution in [2.45, 2.75) is 6.61 Å². The fourth-order valence-corrected chi connectivity index (χ4v) is 4.16. The highest BCUT2D eigenvalue weighted by molar-refractivity contribution is 9.11. The molecule has 0 N–H and O–H groups in total. The van der Waals surface area contributed by atoms with E-state index in [9.17, 15) is 0 Å². The second kappa shape index (κ2) is 10.4. The van der Waals surface area contributed by atoms with Gasteiger partial charge in [-0.3, -0.25) is 0 Å². The molecular weight excluding hydrogens is 516 g/mol. The zero-order chi connectivity index (χ0) is 21.5. The van der Waals surface area contributed by atoms with Crippen molar-refractivity contribution in [3.05, 3.63) is 123 Å². The number of halogens is 2. The van der Waals surface area contributed by atoms with E-state index in [1.54, 1.807) is 0 Å². The fraction of sp³-hybridized carbons (Fsp3) is 0.0385. The minimum absolute atomic E-state index is 0.497. The summed E-state index contributed by atoms with van der Waals surface area (Å²) in [6, 6.07) is 34.2. The Bertz CT molecular complexity index is 1110. The fourth-order valence-electron chi connectivity index (χ4n) is 3.00. The molecule has 3 nitrogen and oxygen atoms in total. The molecule has 0 unspecified atom stereocenters. The molecule has 0 amide bonds. The molecule has 0 aromatic heterocycles. The largest absolute Gasteiger partial charge is 0.489 e. The van der Waals surface area contributed by atoms with Crippen LogP contribution in [-0.4, -0.2) is 6.21 Å². The first-order valence-corrected chi connectivity index (χ1v) is 11.4. The first kappa shape index (κ1) is 21.3. The van der Waals surface area contributed by atoms with Crippen molar-refractivity contribution in [3.63, 3.8) is 0 Å². The summed E-state index contributed by atoms with van der Waals surface area (Å²) in [5.74, 6) is 0.815. The van der Waals surface area contributed by atoms with Crippen LogP contribution in [-0.2, 0) is 6.61 Å². The van der Waals surface area contributed by atoms with Gasteiger partial charge in [-0.05, 0) is 66.2 Å². The summed E-state index contributed by atoms with van der Waals surface area (Å²) < 4.78 is 7.99. The van der Waals surface area contributed by atoms with Crippen LogP contribution < -0.4 is 9.75 Å². The van der Waals surface area contributed by atoms with Gasteiger partial charge in [-0.25, -0.2) is 5.01 Å².